The van der Waals surface area contributed by atoms with E-state index in [-0.39, 0.29) is 17.2 Å². The minimum absolute atomic E-state index is 0.00936. The first kappa shape index (κ1) is 13.0. The molecule has 5 nitrogen and oxygen atoms in total. The Bertz CT molecular complexity index is 430. The summed E-state index contributed by atoms with van der Waals surface area (Å²) in [4.78, 5) is 22.4. The molecule has 17 heavy (non-hydrogen) atoms. The predicted molar refractivity (Wildman–Crippen MR) is 65.1 cm³/mol. The molecule has 0 aliphatic carbocycles. The number of hydrogen-bond acceptors (Lipinski definition) is 3. The average Bonchev–Trinajstić information content (AvgIpc) is 2.28. The maximum atomic E-state index is 11.6. The summed E-state index contributed by atoms with van der Waals surface area (Å²) >= 11 is 0. The smallest absolute Gasteiger partial charge is 0.337 e. The van der Waals surface area contributed by atoms with E-state index >= 15 is 0 Å². The largest absolute Gasteiger partial charge is 0.478 e. The Morgan fingerprint density at radius 2 is 2.12 bits per heavy atom. The number of carbonyl (C=O) groups is 2. The topological polar surface area (TPSA) is 92.4 Å². The molecule has 4 N–H and O–H groups in total. The molecule has 1 amide bonds. The average molecular weight is 236 g/mol. The summed E-state index contributed by atoms with van der Waals surface area (Å²) in [6.45, 7) is 2.64. The predicted octanol–water partition coefficient (Wildman–Crippen LogP) is 1.50. The number of amides is 1. The van der Waals surface area contributed by atoms with Crippen LogP contribution < -0.4 is 11.1 Å². The van der Waals surface area contributed by atoms with E-state index in [4.69, 9.17) is 10.8 Å². The monoisotopic (exact) mass is 236 g/mol. The van der Waals surface area contributed by atoms with Crippen LogP contribution in [0.15, 0.2) is 18.2 Å². The third kappa shape index (κ3) is 3.48. The van der Waals surface area contributed by atoms with Crippen molar-refractivity contribution in [1.82, 2.24) is 5.32 Å². The van der Waals surface area contributed by atoms with E-state index < -0.39 is 5.97 Å². The van der Waals surface area contributed by atoms with Crippen LogP contribution in [-0.4, -0.2) is 23.5 Å². The zero-order chi connectivity index (χ0) is 12.8. The molecule has 0 bridgehead atoms. The molecule has 0 spiro atoms. The van der Waals surface area contributed by atoms with Gasteiger partial charge in [-0.3, -0.25) is 4.79 Å². The SMILES string of the molecule is CCCCNC(=O)c1ccc(C(=O)O)c(N)c1. The van der Waals surface area contributed by atoms with Crippen LogP contribution in [0, 0.1) is 0 Å². The van der Waals surface area contributed by atoms with E-state index in [9.17, 15) is 9.59 Å². The van der Waals surface area contributed by atoms with Crippen LogP contribution in [0.3, 0.4) is 0 Å². The standard InChI is InChI=1S/C12H16N2O3/c1-2-3-6-14-11(15)8-4-5-9(12(16)17)10(13)7-8/h4-5,7H,2-3,6,13H2,1H3,(H,14,15)(H,16,17). The zero-order valence-corrected chi connectivity index (χ0v) is 9.69. The summed E-state index contributed by atoms with van der Waals surface area (Å²) in [6, 6.07) is 4.18. The van der Waals surface area contributed by atoms with E-state index in [0.29, 0.717) is 12.1 Å². The van der Waals surface area contributed by atoms with Gasteiger partial charge in [-0.15, -0.1) is 0 Å². The molecule has 92 valence electrons. The molecule has 0 aromatic heterocycles. The first-order valence-electron chi connectivity index (χ1n) is 5.47. The number of nitrogens with two attached hydrogens (primary N) is 1. The Hall–Kier alpha value is -2.04. The molecule has 0 atom stereocenters. The molecule has 0 unspecified atom stereocenters. The number of carbonyl (C=O) groups excluding carboxylic acids is 1. The maximum Gasteiger partial charge on any atom is 0.337 e. The molecule has 0 heterocycles. The van der Waals surface area contributed by atoms with Gasteiger partial charge in [0.1, 0.15) is 0 Å². The zero-order valence-electron chi connectivity index (χ0n) is 9.69. The van der Waals surface area contributed by atoms with Crippen LogP contribution in [0.1, 0.15) is 40.5 Å². The quantitative estimate of drug-likeness (QED) is 0.533. The van der Waals surface area contributed by atoms with Crippen molar-refractivity contribution in [2.75, 3.05) is 12.3 Å². The summed E-state index contributed by atoms with van der Waals surface area (Å²) in [7, 11) is 0. The van der Waals surface area contributed by atoms with Crippen molar-refractivity contribution in [2.24, 2.45) is 0 Å². The summed E-state index contributed by atoms with van der Waals surface area (Å²) in [5.74, 6) is -1.33. The minimum Gasteiger partial charge on any atom is -0.478 e. The number of rotatable bonds is 5. The fraction of sp³-hybridized carbons (Fsp3) is 0.333. The summed E-state index contributed by atoms with van der Waals surface area (Å²) in [5, 5.41) is 11.5. The van der Waals surface area contributed by atoms with Gasteiger partial charge in [0.05, 0.1) is 5.56 Å². The lowest BCUT2D eigenvalue weighted by molar-refractivity contribution is 0.0697. The number of unbranched alkanes of at least 4 members (excludes halogenated alkanes) is 1. The van der Waals surface area contributed by atoms with Crippen LogP contribution in [0.5, 0.6) is 0 Å². The Morgan fingerprint density at radius 1 is 1.41 bits per heavy atom. The van der Waals surface area contributed by atoms with Crippen molar-refractivity contribution < 1.29 is 14.7 Å². The van der Waals surface area contributed by atoms with Gasteiger partial charge in [-0.05, 0) is 24.6 Å². The van der Waals surface area contributed by atoms with Crippen molar-refractivity contribution in [3.8, 4) is 0 Å². The molecule has 0 aliphatic heterocycles. The summed E-state index contributed by atoms with van der Waals surface area (Å²) < 4.78 is 0. The maximum absolute atomic E-state index is 11.6. The van der Waals surface area contributed by atoms with Crippen LogP contribution in [-0.2, 0) is 0 Å². The second-order valence-corrected chi connectivity index (χ2v) is 3.72. The van der Waals surface area contributed by atoms with Crippen LogP contribution in [0.2, 0.25) is 0 Å². The van der Waals surface area contributed by atoms with Gasteiger partial charge in [-0.1, -0.05) is 13.3 Å². The van der Waals surface area contributed by atoms with E-state index in [1.807, 2.05) is 6.92 Å². The number of nitrogen functional groups attached to an aromatic ring is 1. The van der Waals surface area contributed by atoms with Crippen molar-refractivity contribution in [2.45, 2.75) is 19.8 Å². The second kappa shape index (κ2) is 5.89. The highest BCUT2D eigenvalue weighted by Gasteiger charge is 2.11. The van der Waals surface area contributed by atoms with Crippen LogP contribution in [0.25, 0.3) is 0 Å². The van der Waals surface area contributed by atoms with Gasteiger partial charge in [-0.2, -0.15) is 0 Å². The lowest BCUT2D eigenvalue weighted by Gasteiger charge is -2.06. The van der Waals surface area contributed by atoms with Crippen molar-refractivity contribution in [3.63, 3.8) is 0 Å². The van der Waals surface area contributed by atoms with Crippen LogP contribution in [0.4, 0.5) is 5.69 Å². The fourth-order valence-electron chi connectivity index (χ4n) is 1.38. The molecule has 0 saturated carbocycles. The molecule has 0 fully saturated rings. The number of benzene rings is 1. The van der Waals surface area contributed by atoms with Gasteiger partial charge in [0.15, 0.2) is 0 Å². The molecule has 1 aromatic carbocycles. The third-order valence-corrected chi connectivity index (χ3v) is 2.36. The molecule has 1 aromatic rings. The Balaban J connectivity index is 2.76. The van der Waals surface area contributed by atoms with Gasteiger partial charge in [-0.25, -0.2) is 4.79 Å². The molecule has 0 saturated heterocycles. The number of aromatic carboxylic acids is 1. The van der Waals surface area contributed by atoms with Gasteiger partial charge < -0.3 is 16.2 Å². The first-order valence-corrected chi connectivity index (χ1v) is 5.47. The molecule has 5 heteroatoms. The van der Waals surface area contributed by atoms with Gasteiger partial charge in [0.25, 0.3) is 5.91 Å². The first-order chi connectivity index (χ1) is 8.06. The van der Waals surface area contributed by atoms with Gasteiger partial charge >= 0.3 is 5.97 Å². The normalized spacial score (nSPS) is 9.94. The van der Waals surface area contributed by atoms with E-state index in [2.05, 4.69) is 5.32 Å². The van der Waals surface area contributed by atoms with Gasteiger partial charge in [0.2, 0.25) is 0 Å². The molecular formula is C12H16N2O3. The van der Waals surface area contributed by atoms with E-state index in [0.717, 1.165) is 12.8 Å². The Morgan fingerprint density at radius 3 is 2.65 bits per heavy atom. The number of carboxylic acids is 1. The minimum atomic E-state index is -1.10. The van der Waals surface area contributed by atoms with Gasteiger partial charge in [0, 0.05) is 17.8 Å². The molecule has 1 rings (SSSR count). The molecular weight excluding hydrogens is 220 g/mol. The van der Waals surface area contributed by atoms with Crippen molar-refractivity contribution in [1.29, 1.82) is 0 Å². The van der Waals surface area contributed by atoms with Crippen molar-refractivity contribution >= 4 is 17.6 Å². The van der Waals surface area contributed by atoms with Crippen LogP contribution >= 0.6 is 0 Å². The third-order valence-electron chi connectivity index (χ3n) is 2.36. The highest BCUT2D eigenvalue weighted by atomic mass is 16.4. The lowest BCUT2D eigenvalue weighted by Crippen LogP contribution is -2.24. The lowest BCUT2D eigenvalue weighted by atomic mass is 10.1. The molecule has 0 aliphatic rings. The number of carboxylic acid groups (broad SMARTS) is 1. The van der Waals surface area contributed by atoms with E-state index in [1.54, 1.807) is 0 Å². The van der Waals surface area contributed by atoms with Crippen molar-refractivity contribution in [3.05, 3.63) is 29.3 Å². The Kier molecular flexibility index (Phi) is 4.51. The number of nitrogens with one attached hydrogen (secondary N) is 1. The number of hydrogen-bond donors (Lipinski definition) is 3. The fourth-order valence-corrected chi connectivity index (χ4v) is 1.38. The Labute approximate surface area is 99.6 Å². The molecule has 0 radical (unpaired) electrons. The summed E-state index contributed by atoms with van der Waals surface area (Å²) in [5.41, 5.74) is 6.04. The second-order valence-electron chi connectivity index (χ2n) is 3.72. The summed E-state index contributed by atoms with van der Waals surface area (Å²) in [6.07, 6.45) is 1.91. The highest BCUT2D eigenvalue weighted by Crippen LogP contribution is 2.14. The highest BCUT2D eigenvalue weighted by molar-refractivity contribution is 5.99. The number of anilines is 1. The van der Waals surface area contributed by atoms with E-state index in [1.165, 1.54) is 18.2 Å².